The molecule has 0 aromatic heterocycles. The van der Waals surface area contributed by atoms with Crippen LogP contribution in [-0.4, -0.2) is 38.9 Å². The first-order valence-electron chi connectivity index (χ1n) is 6.16. The number of carbonyl (C=O) groups excluding carboxylic acids is 1. The summed E-state index contributed by atoms with van der Waals surface area (Å²) < 4.78 is 0. The van der Waals surface area contributed by atoms with Gasteiger partial charge in [-0.15, -0.1) is 23.4 Å². The quantitative estimate of drug-likeness (QED) is 0.687. The third-order valence-electron chi connectivity index (χ3n) is 3.57. The summed E-state index contributed by atoms with van der Waals surface area (Å²) in [5.41, 5.74) is 1.62. The van der Waals surface area contributed by atoms with Crippen LogP contribution in [0.3, 0.4) is 0 Å². The Morgan fingerprint density at radius 2 is 2.10 bits per heavy atom. The summed E-state index contributed by atoms with van der Waals surface area (Å²) in [5.74, 6) is -0.795. The first-order valence-corrected chi connectivity index (χ1v) is 7.74. The highest BCUT2D eigenvalue weighted by Crippen LogP contribution is 2.48. The lowest BCUT2D eigenvalue weighted by Crippen LogP contribution is -2.60. The molecular formula is C14H12ClNO3S. The molecule has 3 rings (SSSR count). The SMILES string of the molecule is O=C(O)C1=C(CCl)CS[C@H]2C(c3ccccc3)C(=O)N12. The number of rotatable bonds is 3. The molecule has 1 amide bonds. The maximum atomic E-state index is 12.3. The highest BCUT2D eigenvalue weighted by molar-refractivity contribution is 8.00. The van der Waals surface area contributed by atoms with Gasteiger partial charge in [-0.2, -0.15) is 0 Å². The van der Waals surface area contributed by atoms with Gasteiger partial charge in [0, 0.05) is 11.6 Å². The first kappa shape index (κ1) is 13.5. The number of carboxylic acid groups (broad SMARTS) is 1. The molecule has 1 N–H and O–H groups in total. The largest absolute Gasteiger partial charge is 0.477 e. The van der Waals surface area contributed by atoms with Gasteiger partial charge in [-0.25, -0.2) is 4.79 Å². The van der Waals surface area contributed by atoms with Gasteiger partial charge in [-0.05, 0) is 11.1 Å². The molecule has 2 aliphatic heterocycles. The summed E-state index contributed by atoms with van der Waals surface area (Å²) in [6.07, 6.45) is 0. The molecule has 0 bridgehead atoms. The third-order valence-corrected chi connectivity index (χ3v) is 5.23. The van der Waals surface area contributed by atoms with Crippen molar-refractivity contribution in [1.82, 2.24) is 4.90 Å². The van der Waals surface area contributed by atoms with E-state index in [1.807, 2.05) is 30.3 Å². The standard InChI is InChI=1S/C14H12ClNO3S/c15-6-9-7-20-13-10(8-4-2-1-3-5-8)12(17)16(13)11(9)14(18)19/h1-5,10,13H,6-7H2,(H,18,19)/t10?,13-/m0/s1. The second kappa shape index (κ2) is 5.14. The average molecular weight is 310 g/mol. The van der Waals surface area contributed by atoms with E-state index in [9.17, 15) is 14.7 Å². The molecule has 0 spiro atoms. The zero-order valence-corrected chi connectivity index (χ0v) is 12.0. The van der Waals surface area contributed by atoms with E-state index < -0.39 is 5.97 Å². The van der Waals surface area contributed by atoms with Crippen LogP contribution in [0.2, 0.25) is 0 Å². The molecule has 20 heavy (non-hydrogen) atoms. The number of β-lactam (4-membered cyclic amide) rings is 1. The molecule has 1 fully saturated rings. The van der Waals surface area contributed by atoms with Gasteiger partial charge in [0.05, 0.1) is 11.3 Å². The number of carbonyl (C=O) groups is 2. The van der Waals surface area contributed by atoms with Crippen LogP contribution < -0.4 is 0 Å². The predicted molar refractivity (Wildman–Crippen MR) is 77.7 cm³/mol. The molecule has 2 atom stereocenters. The summed E-state index contributed by atoms with van der Waals surface area (Å²) in [4.78, 5) is 25.1. The maximum absolute atomic E-state index is 12.3. The van der Waals surface area contributed by atoms with E-state index in [1.54, 1.807) is 11.8 Å². The summed E-state index contributed by atoms with van der Waals surface area (Å²) in [6.45, 7) is 0. The Labute approximate surface area is 125 Å². The minimum absolute atomic E-state index is 0.0703. The second-order valence-electron chi connectivity index (χ2n) is 4.69. The van der Waals surface area contributed by atoms with E-state index in [2.05, 4.69) is 0 Å². The number of hydrogen-bond acceptors (Lipinski definition) is 3. The molecule has 4 nitrogen and oxygen atoms in total. The van der Waals surface area contributed by atoms with Crippen molar-refractivity contribution in [2.24, 2.45) is 0 Å². The molecule has 104 valence electrons. The Balaban J connectivity index is 1.95. The van der Waals surface area contributed by atoms with Crippen molar-refractivity contribution in [3.05, 3.63) is 47.2 Å². The highest BCUT2D eigenvalue weighted by Gasteiger charge is 2.53. The van der Waals surface area contributed by atoms with Crippen LogP contribution in [0, 0.1) is 0 Å². The molecule has 1 aromatic carbocycles. The van der Waals surface area contributed by atoms with E-state index in [1.165, 1.54) is 4.90 Å². The van der Waals surface area contributed by atoms with Gasteiger partial charge in [-0.3, -0.25) is 9.69 Å². The number of carboxylic acids is 1. The Morgan fingerprint density at radius 1 is 1.40 bits per heavy atom. The van der Waals surface area contributed by atoms with E-state index in [0.717, 1.165) is 5.56 Å². The van der Waals surface area contributed by atoms with Crippen LogP contribution in [0.4, 0.5) is 0 Å². The molecular weight excluding hydrogens is 298 g/mol. The number of benzene rings is 1. The fourth-order valence-corrected chi connectivity index (χ4v) is 4.39. The van der Waals surface area contributed by atoms with E-state index in [-0.39, 0.29) is 28.8 Å². The monoisotopic (exact) mass is 309 g/mol. The Kier molecular flexibility index (Phi) is 3.48. The number of amides is 1. The van der Waals surface area contributed by atoms with Gasteiger partial charge in [-0.1, -0.05) is 30.3 Å². The Morgan fingerprint density at radius 3 is 2.70 bits per heavy atom. The summed E-state index contributed by atoms with van der Waals surface area (Å²) in [7, 11) is 0. The third kappa shape index (κ3) is 1.93. The van der Waals surface area contributed by atoms with Crippen LogP contribution in [0.15, 0.2) is 41.6 Å². The molecule has 1 unspecified atom stereocenters. The van der Waals surface area contributed by atoms with Crippen LogP contribution in [-0.2, 0) is 9.59 Å². The molecule has 0 aliphatic carbocycles. The summed E-state index contributed by atoms with van der Waals surface area (Å²) in [5, 5.41) is 9.18. The Bertz CT molecular complexity index is 602. The number of hydrogen-bond donors (Lipinski definition) is 1. The van der Waals surface area contributed by atoms with Gasteiger partial charge in [0.15, 0.2) is 0 Å². The Hall–Kier alpha value is -1.46. The van der Waals surface area contributed by atoms with Crippen LogP contribution in [0.1, 0.15) is 11.5 Å². The zero-order chi connectivity index (χ0) is 14.3. The number of aliphatic carboxylic acids is 1. The van der Waals surface area contributed by atoms with Crippen molar-refractivity contribution in [2.45, 2.75) is 11.3 Å². The van der Waals surface area contributed by atoms with Crippen molar-refractivity contribution in [1.29, 1.82) is 0 Å². The lowest BCUT2D eigenvalue weighted by atomic mass is 9.88. The van der Waals surface area contributed by atoms with Gasteiger partial charge in [0.1, 0.15) is 5.70 Å². The van der Waals surface area contributed by atoms with Crippen molar-refractivity contribution < 1.29 is 14.7 Å². The normalized spacial score (nSPS) is 25.2. The van der Waals surface area contributed by atoms with Crippen molar-refractivity contribution in [2.75, 3.05) is 11.6 Å². The fourth-order valence-electron chi connectivity index (χ4n) is 2.62. The first-order chi connectivity index (χ1) is 9.65. The van der Waals surface area contributed by atoms with Gasteiger partial charge in [0.25, 0.3) is 0 Å². The number of fused-ring (bicyclic) bond motifs is 1. The van der Waals surface area contributed by atoms with Crippen molar-refractivity contribution >= 4 is 35.2 Å². The fraction of sp³-hybridized carbons (Fsp3) is 0.286. The predicted octanol–water partition coefficient (Wildman–Crippen LogP) is 2.26. The zero-order valence-electron chi connectivity index (χ0n) is 10.5. The highest BCUT2D eigenvalue weighted by atomic mass is 35.5. The number of thioether (sulfide) groups is 1. The molecule has 1 saturated heterocycles. The second-order valence-corrected chi connectivity index (χ2v) is 6.06. The number of nitrogens with zero attached hydrogens (tertiary/aromatic N) is 1. The maximum Gasteiger partial charge on any atom is 0.352 e. The topological polar surface area (TPSA) is 57.6 Å². The molecule has 2 heterocycles. The number of halogens is 1. The lowest BCUT2D eigenvalue weighted by molar-refractivity contribution is -0.148. The lowest BCUT2D eigenvalue weighted by Gasteiger charge is -2.49. The minimum Gasteiger partial charge on any atom is -0.477 e. The van der Waals surface area contributed by atoms with Crippen LogP contribution in [0.25, 0.3) is 0 Å². The van der Waals surface area contributed by atoms with Crippen molar-refractivity contribution in [3.63, 3.8) is 0 Å². The molecule has 0 saturated carbocycles. The van der Waals surface area contributed by atoms with Gasteiger partial charge < -0.3 is 5.11 Å². The summed E-state index contributed by atoms with van der Waals surface area (Å²) in [6, 6.07) is 9.48. The summed E-state index contributed by atoms with van der Waals surface area (Å²) >= 11 is 7.36. The van der Waals surface area contributed by atoms with Gasteiger partial charge in [0.2, 0.25) is 5.91 Å². The van der Waals surface area contributed by atoms with Crippen LogP contribution >= 0.6 is 23.4 Å². The molecule has 0 radical (unpaired) electrons. The van der Waals surface area contributed by atoms with Gasteiger partial charge >= 0.3 is 5.97 Å². The van der Waals surface area contributed by atoms with E-state index in [4.69, 9.17) is 11.6 Å². The smallest absolute Gasteiger partial charge is 0.352 e. The minimum atomic E-state index is -1.08. The molecule has 1 aromatic rings. The van der Waals surface area contributed by atoms with E-state index >= 15 is 0 Å². The molecule has 2 aliphatic rings. The van der Waals surface area contributed by atoms with Crippen LogP contribution in [0.5, 0.6) is 0 Å². The van der Waals surface area contributed by atoms with E-state index in [0.29, 0.717) is 11.3 Å². The number of alkyl halides is 1. The van der Waals surface area contributed by atoms with Crippen molar-refractivity contribution in [3.8, 4) is 0 Å². The molecule has 6 heteroatoms. The average Bonchev–Trinajstić information content (AvgIpc) is 2.46.